The fraction of sp³-hybridized carbons (Fsp3) is 0.833. The van der Waals surface area contributed by atoms with Gasteiger partial charge >= 0.3 is 51.4 Å². The second-order valence-corrected chi connectivity index (χ2v) is 7.98. The van der Waals surface area contributed by atoms with Crippen LogP contribution in [-0.4, -0.2) is 18.9 Å². The molecule has 3 fully saturated rings. The number of hydrogen-bond acceptors (Lipinski definition) is 3. The number of rotatable bonds is 3. The Bertz CT molecular complexity index is 452. The first-order chi connectivity index (χ1) is 9.93. The second kappa shape index (κ2) is 6.95. The van der Waals surface area contributed by atoms with Crippen molar-refractivity contribution in [3.05, 3.63) is 6.92 Å². The maximum absolute atomic E-state index is 12.3. The molecular formula is C18H27KO3. The number of Topliss-reactive ketones (excluding diaryl/α,β-unsaturated/α-hetero) is 1. The SMILES string of the molecule is [CH2-]C1CCC2C(CC[C@]3(C)C(=O)CCC23)[C@@]1(C)COC=O.[K+]. The van der Waals surface area contributed by atoms with Crippen molar-refractivity contribution < 1.29 is 65.7 Å². The smallest absolute Gasteiger partial charge is 0.467 e. The average molecular weight is 331 g/mol. The molecule has 3 aliphatic carbocycles. The van der Waals surface area contributed by atoms with Crippen molar-refractivity contribution in [3.63, 3.8) is 0 Å². The number of hydrogen-bond donors (Lipinski definition) is 0. The first kappa shape index (κ1) is 19.1. The maximum Gasteiger partial charge on any atom is 1.00 e. The van der Waals surface area contributed by atoms with E-state index in [0.717, 1.165) is 32.1 Å². The molecule has 0 bridgehead atoms. The van der Waals surface area contributed by atoms with Crippen molar-refractivity contribution in [2.75, 3.05) is 6.61 Å². The molecule has 0 aromatic carbocycles. The van der Waals surface area contributed by atoms with E-state index in [1.165, 1.54) is 6.42 Å². The van der Waals surface area contributed by atoms with E-state index in [2.05, 4.69) is 20.8 Å². The van der Waals surface area contributed by atoms with Crippen LogP contribution in [0.3, 0.4) is 0 Å². The molecule has 118 valence electrons. The predicted octanol–water partition coefficient (Wildman–Crippen LogP) is 0.425. The molecule has 0 aromatic heterocycles. The molecule has 3 nitrogen and oxygen atoms in total. The van der Waals surface area contributed by atoms with Crippen LogP contribution in [0.25, 0.3) is 0 Å². The Balaban J connectivity index is 0.00000176. The van der Waals surface area contributed by atoms with Gasteiger partial charge in [-0.2, -0.15) is 5.92 Å². The molecule has 0 radical (unpaired) electrons. The van der Waals surface area contributed by atoms with Gasteiger partial charge in [-0.3, -0.25) is 9.59 Å². The molecule has 0 heterocycles. The van der Waals surface area contributed by atoms with Crippen molar-refractivity contribution in [2.45, 2.75) is 52.4 Å². The summed E-state index contributed by atoms with van der Waals surface area (Å²) in [6.45, 7) is 9.82. The zero-order valence-electron chi connectivity index (χ0n) is 14.3. The van der Waals surface area contributed by atoms with E-state index in [9.17, 15) is 9.59 Å². The second-order valence-electron chi connectivity index (χ2n) is 7.98. The minimum absolute atomic E-state index is 0. The fourth-order valence-corrected chi connectivity index (χ4v) is 5.74. The van der Waals surface area contributed by atoms with E-state index in [4.69, 9.17) is 4.74 Å². The van der Waals surface area contributed by atoms with Gasteiger partial charge in [-0.1, -0.05) is 26.7 Å². The van der Waals surface area contributed by atoms with Gasteiger partial charge in [-0.25, -0.2) is 0 Å². The Morgan fingerprint density at radius 2 is 1.95 bits per heavy atom. The molecule has 3 aliphatic rings. The summed E-state index contributed by atoms with van der Waals surface area (Å²) in [7, 11) is 0. The summed E-state index contributed by atoms with van der Waals surface area (Å²) in [5.41, 5.74) is -0.113. The largest absolute Gasteiger partial charge is 1.00 e. The molecule has 4 heteroatoms. The van der Waals surface area contributed by atoms with E-state index >= 15 is 0 Å². The number of carbonyl (C=O) groups excluding carboxylic acids is 2. The van der Waals surface area contributed by atoms with Gasteiger partial charge < -0.3 is 11.7 Å². The normalized spacial score (nSPS) is 47.1. The molecule has 3 rings (SSSR count). The average Bonchev–Trinajstić information content (AvgIpc) is 2.77. The molecule has 4 unspecified atom stereocenters. The Morgan fingerprint density at radius 3 is 2.64 bits per heavy atom. The Labute approximate surface area is 176 Å². The van der Waals surface area contributed by atoms with Gasteiger partial charge in [-0.05, 0) is 42.4 Å². The van der Waals surface area contributed by atoms with Gasteiger partial charge in [-0.15, -0.1) is 0 Å². The van der Waals surface area contributed by atoms with Crippen molar-refractivity contribution in [1.29, 1.82) is 0 Å². The molecule has 0 spiro atoms. The van der Waals surface area contributed by atoms with Crippen LogP contribution in [0.2, 0.25) is 0 Å². The van der Waals surface area contributed by atoms with Crippen LogP contribution < -0.4 is 51.4 Å². The fourth-order valence-electron chi connectivity index (χ4n) is 5.74. The van der Waals surface area contributed by atoms with Gasteiger partial charge in [0.2, 0.25) is 0 Å². The molecule has 0 amide bonds. The van der Waals surface area contributed by atoms with Crippen LogP contribution in [0.15, 0.2) is 0 Å². The zero-order chi connectivity index (χ0) is 15.3. The zero-order valence-corrected chi connectivity index (χ0v) is 17.4. The summed E-state index contributed by atoms with van der Waals surface area (Å²) in [5.74, 6) is 2.49. The van der Waals surface area contributed by atoms with Crippen molar-refractivity contribution >= 4 is 12.3 Å². The van der Waals surface area contributed by atoms with E-state index in [-0.39, 0.29) is 62.2 Å². The van der Waals surface area contributed by atoms with Crippen LogP contribution in [0.5, 0.6) is 0 Å². The Kier molecular flexibility index (Phi) is 6.04. The molecule has 6 atom stereocenters. The van der Waals surface area contributed by atoms with E-state index in [0.29, 0.717) is 42.5 Å². The van der Waals surface area contributed by atoms with Crippen LogP contribution in [0.1, 0.15) is 52.4 Å². The third kappa shape index (κ3) is 2.81. The van der Waals surface area contributed by atoms with Gasteiger partial charge in [0.1, 0.15) is 5.78 Å². The monoisotopic (exact) mass is 330 g/mol. The third-order valence-electron chi connectivity index (χ3n) is 7.24. The standard InChI is InChI=1S/C18H27O3.K/c1-12-4-5-13-14-6-7-16(20)17(14,2)9-8-15(13)18(12,3)10-21-11-19;/h11-15H,1,4-10H2,2-3H3;/q-1;+1/t12?,13?,14?,15?,17-,18-;/m0./s1. The summed E-state index contributed by atoms with van der Waals surface area (Å²) < 4.78 is 5.17. The molecule has 0 aliphatic heterocycles. The summed E-state index contributed by atoms with van der Waals surface area (Å²) in [6.07, 6.45) is 6.17. The Morgan fingerprint density at radius 1 is 1.23 bits per heavy atom. The van der Waals surface area contributed by atoms with E-state index in [1.54, 1.807) is 0 Å². The van der Waals surface area contributed by atoms with Gasteiger partial charge in [0, 0.05) is 11.8 Å². The van der Waals surface area contributed by atoms with Crippen LogP contribution in [0, 0.1) is 41.4 Å². The summed E-state index contributed by atoms with van der Waals surface area (Å²) >= 11 is 0. The van der Waals surface area contributed by atoms with E-state index in [1.807, 2.05) is 0 Å². The van der Waals surface area contributed by atoms with E-state index < -0.39 is 0 Å². The molecule has 3 saturated carbocycles. The quantitative estimate of drug-likeness (QED) is 0.428. The summed E-state index contributed by atoms with van der Waals surface area (Å²) in [6, 6.07) is 0. The number of carbonyl (C=O) groups is 2. The predicted molar refractivity (Wildman–Crippen MR) is 80.3 cm³/mol. The molecular weight excluding hydrogens is 303 g/mol. The molecule has 22 heavy (non-hydrogen) atoms. The van der Waals surface area contributed by atoms with Crippen LogP contribution in [0.4, 0.5) is 0 Å². The van der Waals surface area contributed by atoms with Crippen LogP contribution in [-0.2, 0) is 14.3 Å². The summed E-state index contributed by atoms with van der Waals surface area (Å²) in [4.78, 5) is 23.0. The third-order valence-corrected chi connectivity index (χ3v) is 7.24. The topological polar surface area (TPSA) is 43.4 Å². The van der Waals surface area contributed by atoms with Crippen molar-refractivity contribution in [3.8, 4) is 0 Å². The van der Waals surface area contributed by atoms with Crippen molar-refractivity contribution in [2.24, 2.45) is 34.5 Å². The first-order valence-corrected chi connectivity index (χ1v) is 8.35. The molecule has 0 N–H and O–H groups in total. The van der Waals surface area contributed by atoms with Gasteiger partial charge in [0.15, 0.2) is 0 Å². The number of ether oxygens (including phenoxy) is 1. The van der Waals surface area contributed by atoms with Gasteiger partial charge in [0.05, 0.1) is 6.61 Å². The summed E-state index contributed by atoms with van der Waals surface area (Å²) in [5, 5.41) is 0. The van der Waals surface area contributed by atoms with Gasteiger partial charge in [0.25, 0.3) is 6.47 Å². The number of ketones is 1. The minimum Gasteiger partial charge on any atom is -0.467 e. The van der Waals surface area contributed by atoms with Crippen molar-refractivity contribution in [1.82, 2.24) is 0 Å². The molecule has 0 aromatic rings. The first-order valence-electron chi connectivity index (χ1n) is 8.35. The molecule has 0 saturated heterocycles. The minimum atomic E-state index is -0.0817. The maximum atomic E-state index is 12.3. The number of fused-ring (bicyclic) bond motifs is 3. The van der Waals surface area contributed by atoms with Crippen LogP contribution >= 0.6 is 0 Å². The Hall–Kier alpha value is 0.776.